The monoisotopic (exact) mass is 303 g/mol. The van der Waals surface area contributed by atoms with E-state index in [1.165, 1.54) is 0 Å². The van der Waals surface area contributed by atoms with E-state index < -0.39 is 0 Å². The normalized spacial score (nSPS) is 10.8. The van der Waals surface area contributed by atoms with Crippen molar-refractivity contribution in [3.63, 3.8) is 0 Å². The Morgan fingerprint density at radius 1 is 1.41 bits per heavy atom. The van der Waals surface area contributed by atoms with Crippen molar-refractivity contribution in [3.05, 3.63) is 40.2 Å². The van der Waals surface area contributed by atoms with Gasteiger partial charge < -0.3 is 20.4 Å². The Morgan fingerprint density at radius 2 is 2.18 bits per heavy atom. The van der Waals surface area contributed by atoms with E-state index in [0.717, 1.165) is 11.9 Å². The summed E-state index contributed by atoms with van der Waals surface area (Å²) in [6, 6.07) is 5.31. The molecular weight excluding hydrogens is 282 g/mol. The highest BCUT2D eigenvalue weighted by Crippen LogP contribution is 2.18. The summed E-state index contributed by atoms with van der Waals surface area (Å²) in [7, 11) is 1.64. The Labute approximate surface area is 128 Å². The Balaban J connectivity index is 2.61. The number of amides is 1. The second kappa shape index (κ2) is 7.09. The standard InChI is InChI=1S/C16H21N3O3/c1-3-18-16(21)11-10-19(8-5-9-22-2)13-7-4-6-12(17)14(13)15(11)20/h4,6-7,10H,3,5,8-9,17H2,1-2H3,(H,18,21). The number of ether oxygens (including phenoxy) is 1. The molecule has 0 atom stereocenters. The molecule has 0 aliphatic carbocycles. The summed E-state index contributed by atoms with van der Waals surface area (Å²) in [5, 5.41) is 3.06. The first-order chi connectivity index (χ1) is 10.6. The summed E-state index contributed by atoms with van der Waals surface area (Å²) >= 11 is 0. The number of rotatable bonds is 6. The fourth-order valence-electron chi connectivity index (χ4n) is 2.44. The Morgan fingerprint density at radius 3 is 2.86 bits per heavy atom. The molecule has 1 amide bonds. The fraction of sp³-hybridized carbons (Fsp3) is 0.375. The number of nitrogens with one attached hydrogen (secondary N) is 1. The van der Waals surface area contributed by atoms with Gasteiger partial charge in [0, 0.05) is 38.7 Å². The van der Waals surface area contributed by atoms with E-state index >= 15 is 0 Å². The zero-order valence-electron chi connectivity index (χ0n) is 12.9. The highest BCUT2D eigenvalue weighted by molar-refractivity contribution is 6.00. The number of anilines is 1. The van der Waals surface area contributed by atoms with E-state index in [1.54, 1.807) is 25.4 Å². The van der Waals surface area contributed by atoms with Crippen LogP contribution in [-0.4, -0.2) is 30.7 Å². The molecule has 0 radical (unpaired) electrons. The number of hydrogen-bond acceptors (Lipinski definition) is 4. The molecule has 0 unspecified atom stereocenters. The molecule has 1 aromatic carbocycles. The van der Waals surface area contributed by atoms with Crippen LogP contribution >= 0.6 is 0 Å². The van der Waals surface area contributed by atoms with Gasteiger partial charge in [0.2, 0.25) is 5.43 Å². The Bertz CT molecular complexity index is 737. The zero-order chi connectivity index (χ0) is 16.1. The van der Waals surface area contributed by atoms with Gasteiger partial charge in [-0.05, 0) is 25.5 Å². The molecule has 3 N–H and O–H groups in total. The van der Waals surface area contributed by atoms with Gasteiger partial charge in [-0.25, -0.2) is 0 Å². The minimum absolute atomic E-state index is 0.115. The van der Waals surface area contributed by atoms with Crippen LogP contribution in [0.3, 0.4) is 0 Å². The van der Waals surface area contributed by atoms with Gasteiger partial charge in [0.1, 0.15) is 5.56 Å². The summed E-state index contributed by atoms with van der Waals surface area (Å²) in [4.78, 5) is 24.7. The van der Waals surface area contributed by atoms with Gasteiger partial charge in [-0.2, -0.15) is 0 Å². The molecule has 2 aromatic rings. The number of methoxy groups -OCH3 is 1. The van der Waals surface area contributed by atoms with Crippen LogP contribution in [0.4, 0.5) is 5.69 Å². The molecule has 0 aliphatic rings. The second-order valence-corrected chi connectivity index (χ2v) is 5.01. The van der Waals surface area contributed by atoms with Crippen LogP contribution in [0.1, 0.15) is 23.7 Å². The van der Waals surface area contributed by atoms with Crippen molar-refractivity contribution in [1.29, 1.82) is 0 Å². The Kier molecular flexibility index (Phi) is 5.16. The summed E-state index contributed by atoms with van der Waals surface area (Å²) in [6.45, 7) is 3.52. The first kappa shape index (κ1) is 16.0. The third-order valence-electron chi connectivity index (χ3n) is 3.47. The maximum Gasteiger partial charge on any atom is 0.256 e. The van der Waals surface area contributed by atoms with E-state index in [-0.39, 0.29) is 16.9 Å². The minimum Gasteiger partial charge on any atom is -0.398 e. The topological polar surface area (TPSA) is 86.3 Å². The van der Waals surface area contributed by atoms with Gasteiger partial charge in [0.25, 0.3) is 5.91 Å². The van der Waals surface area contributed by atoms with Crippen LogP contribution in [0, 0.1) is 0 Å². The maximum atomic E-state index is 12.6. The number of benzene rings is 1. The SMILES string of the molecule is CCNC(=O)c1cn(CCCOC)c2cccc(N)c2c1=O. The molecule has 0 fully saturated rings. The van der Waals surface area contributed by atoms with E-state index in [9.17, 15) is 9.59 Å². The van der Waals surface area contributed by atoms with Gasteiger partial charge in [-0.1, -0.05) is 6.07 Å². The number of nitrogens with zero attached hydrogens (tertiary/aromatic N) is 1. The van der Waals surface area contributed by atoms with Gasteiger partial charge >= 0.3 is 0 Å². The fourth-order valence-corrected chi connectivity index (χ4v) is 2.44. The van der Waals surface area contributed by atoms with Crippen LogP contribution in [-0.2, 0) is 11.3 Å². The van der Waals surface area contributed by atoms with Crippen molar-refractivity contribution in [2.75, 3.05) is 26.0 Å². The second-order valence-electron chi connectivity index (χ2n) is 5.01. The third kappa shape index (κ3) is 3.12. The number of carbonyl (C=O) groups is 1. The predicted molar refractivity (Wildman–Crippen MR) is 87.1 cm³/mol. The largest absolute Gasteiger partial charge is 0.398 e. The number of carbonyl (C=O) groups excluding carboxylic acids is 1. The average molecular weight is 303 g/mol. The summed E-state index contributed by atoms with van der Waals surface area (Å²) in [5.74, 6) is -0.377. The van der Waals surface area contributed by atoms with Gasteiger partial charge in [0.05, 0.1) is 10.9 Å². The van der Waals surface area contributed by atoms with E-state index in [2.05, 4.69) is 5.32 Å². The van der Waals surface area contributed by atoms with E-state index in [1.807, 2.05) is 17.6 Å². The van der Waals surface area contributed by atoms with Crippen LogP contribution < -0.4 is 16.5 Å². The molecule has 2 rings (SSSR count). The summed E-state index contributed by atoms with van der Waals surface area (Å²) in [5.41, 5.74) is 6.85. The number of aromatic nitrogens is 1. The molecule has 0 saturated heterocycles. The number of nitrogens with two attached hydrogens (primary N) is 1. The van der Waals surface area contributed by atoms with Gasteiger partial charge in [-0.15, -0.1) is 0 Å². The molecule has 0 aliphatic heterocycles. The molecular formula is C16H21N3O3. The molecule has 1 aromatic heterocycles. The quantitative estimate of drug-likeness (QED) is 0.623. The predicted octanol–water partition coefficient (Wildman–Crippen LogP) is 1.37. The lowest BCUT2D eigenvalue weighted by molar-refractivity contribution is 0.0954. The van der Waals surface area contributed by atoms with Crippen molar-refractivity contribution in [2.24, 2.45) is 0 Å². The van der Waals surface area contributed by atoms with E-state index in [4.69, 9.17) is 10.5 Å². The Hall–Kier alpha value is -2.34. The average Bonchev–Trinajstić information content (AvgIpc) is 2.50. The van der Waals surface area contributed by atoms with Crippen LogP contribution in [0.15, 0.2) is 29.2 Å². The lowest BCUT2D eigenvalue weighted by Gasteiger charge is -2.14. The van der Waals surface area contributed by atoms with Crippen molar-refractivity contribution >= 4 is 22.5 Å². The van der Waals surface area contributed by atoms with Crippen molar-refractivity contribution in [3.8, 4) is 0 Å². The van der Waals surface area contributed by atoms with Crippen molar-refractivity contribution in [1.82, 2.24) is 9.88 Å². The highest BCUT2D eigenvalue weighted by atomic mass is 16.5. The molecule has 6 nitrogen and oxygen atoms in total. The zero-order valence-corrected chi connectivity index (χ0v) is 12.9. The number of hydrogen-bond donors (Lipinski definition) is 2. The molecule has 118 valence electrons. The molecule has 0 spiro atoms. The van der Waals surface area contributed by atoms with Crippen molar-refractivity contribution in [2.45, 2.75) is 19.9 Å². The molecule has 1 heterocycles. The number of pyridine rings is 1. The maximum absolute atomic E-state index is 12.6. The molecule has 22 heavy (non-hydrogen) atoms. The molecule has 6 heteroatoms. The van der Waals surface area contributed by atoms with Crippen LogP contribution in [0.5, 0.6) is 0 Å². The first-order valence-electron chi connectivity index (χ1n) is 7.29. The van der Waals surface area contributed by atoms with Crippen LogP contribution in [0.2, 0.25) is 0 Å². The number of fused-ring (bicyclic) bond motifs is 1. The number of nitrogen functional groups attached to an aromatic ring is 1. The molecule has 0 saturated carbocycles. The third-order valence-corrected chi connectivity index (χ3v) is 3.47. The minimum atomic E-state index is -0.377. The number of aryl methyl sites for hydroxylation is 1. The van der Waals surface area contributed by atoms with Gasteiger partial charge in [0.15, 0.2) is 0 Å². The smallest absolute Gasteiger partial charge is 0.256 e. The lowest BCUT2D eigenvalue weighted by atomic mass is 10.1. The van der Waals surface area contributed by atoms with Crippen LogP contribution in [0.25, 0.3) is 10.9 Å². The molecule has 0 bridgehead atoms. The first-order valence-corrected chi connectivity index (χ1v) is 7.29. The highest BCUT2D eigenvalue weighted by Gasteiger charge is 2.16. The van der Waals surface area contributed by atoms with E-state index in [0.29, 0.717) is 30.8 Å². The summed E-state index contributed by atoms with van der Waals surface area (Å²) in [6.07, 6.45) is 2.38. The lowest BCUT2D eigenvalue weighted by Crippen LogP contribution is -2.30. The summed E-state index contributed by atoms with van der Waals surface area (Å²) < 4.78 is 6.95. The van der Waals surface area contributed by atoms with Crippen molar-refractivity contribution < 1.29 is 9.53 Å². The van der Waals surface area contributed by atoms with Gasteiger partial charge in [-0.3, -0.25) is 9.59 Å².